The normalized spacial score (nSPS) is 18.3. The Morgan fingerprint density at radius 3 is 2.37 bits per heavy atom. The van der Waals surface area contributed by atoms with E-state index in [0.717, 1.165) is 25.7 Å². The second-order valence-electron chi connectivity index (χ2n) is 5.67. The van der Waals surface area contributed by atoms with Crippen molar-refractivity contribution in [2.75, 3.05) is 13.2 Å². The Kier molecular flexibility index (Phi) is 6.72. The third kappa shape index (κ3) is 4.42. The largest absolute Gasteiger partial charge is 0.395 e. The van der Waals surface area contributed by atoms with Crippen LogP contribution in [0.2, 0.25) is 0 Å². The first kappa shape index (κ1) is 16.4. The maximum Gasteiger partial charge on any atom is 0.233 e. The van der Waals surface area contributed by atoms with Gasteiger partial charge in [0.15, 0.2) is 0 Å². The quantitative estimate of drug-likeness (QED) is 0.729. The van der Waals surface area contributed by atoms with E-state index in [4.69, 9.17) is 18.0 Å². The van der Waals surface area contributed by atoms with Crippen molar-refractivity contribution in [3.05, 3.63) is 0 Å². The highest BCUT2D eigenvalue weighted by molar-refractivity contribution is 7.80. The van der Waals surface area contributed by atoms with Crippen molar-refractivity contribution in [3.8, 4) is 0 Å². The highest BCUT2D eigenvalue weighted by Crippen LogP contribution is 2.25. The fourth-order valence-electron chi connectivity index (χ4n) is 2.89. The molecule has 1 rings (SSSR count). The highest BCUT2D eigenvalue weighted by Gasteiger charge is 2.33. The lowest BCUT2D eigenvalue weighted by atomic mass is 9.90. The number of hydrogen-bond acceptors (Lipinski definition) is 3. The molecule has 1 aliphatic carbocycles. The van der Waals surface area contributed by atoms with E-state index in [2.05, 4.69) is 0 Å². The Bertz CT molecular complexity index is 315. The van der Waals surface area contributed by atoms with Gasteiger partial charge in [-0.05, 0) is 18.8 Å². The van der Waals surface area contributed by atoms with Crippen LogP contribution >= 0.6 is 12.2 Å². The van der Waals surface area contributed by atoms with Gasteiger partial charge in [-0.15, -0.1) is 0 Å². The minimum absolute atomic E-state index is 0.00954. The van der Waals surface area contributed by atoms with Crippen molar-refractivity contribution in [3.63, 3.8) is 0 Å². The van der Waals surface area contributed by atoms with Crippen molar-refractivity contribution < 1.29 is 9.90 Å². The van der Waals surface area contributed by atoms with Crippen LogP contribution in [-0.2, 0) is 4.79 Å². The average Bonchev–Trinajstić information content (AvgIpc) is 2.36. The molecule has 19 heavy (non-hydrogen) atoms. The number of aliphatic hydroxyl groups excluding tert-OH is 1. The molecule has 1 unspecified atom stereocenters. The van der Waals surface area contributed by atoms with Gasteiger partial charge >= 0.3 is 0 Å². The molecule has 1 atom stereocenters. The molecule has 1 aliphatic rings. The predicted octanol–water partition coefficient (Wildman–Crippen LogP) is 1.70. The maximum atomic E-state index is 12.7. The van der Waals surface area contributed by atoms with Gasteiger partial charge in [0.1, 0.15) is 0 Å². The summed E-state index contributed by atoms with van der Waals surface area (Å²) in [6, 6.07) is 0.240. The first-order valence-corrected chi connectivity index (χ1v) is 7.60. The predicted molar refractivity (Wildman–Crippen MR) is 80.8 cm³/mol. The van der Waals surface area contributed by atoms with Gasteiger partial charge in [0, 0.05) is 12.6 Å². The van der Waals surface area contributed by atoms with Crippen LogP contribution in [0.15, 0.2) is 0 Å². The van der Waals surface area contributed by atoms with Crippen molar-refractivity contribution in [2.45, 2.75) is 52.0 Å². The topological polar surface area (TPSA) is 66.6 Å². The molecule has 110 valence electrons. The van der Waals surface area contributed by atoms with Crippen LogP contribution in [0.3, 0.4) is 0 Å². The van der Waals surface area contributed by atoms with Crippen LogP contribution in [0, 0.1) is 11.8 Å². The lowest BCUT2D eigenvalue weighted by Gasteiger charge is -2.37. The number of thiocarbonyl (C=S) groups is 1. The van der Waals surface area contributed by atoms with E-state index in [-0.39, 0.29) is 29.5 Å². The second-order valence-corrected chi connectivity index (χ2v) is 6.14. The summed E-state index contributed by atoms with van der Waals surface area (Å²) in [7, 11) is 0. The molecule has 1 amide bonds. The molecule has 0 aliphatic heterocycles. The van der Waals surface area contributed by atoms with Gasteiger partial charge in [0.2, 0.25) is 5.91 Å². The Labute approximate surface area is 121 Å². The summed E-state index contributed by atoms with van der Waals surface area (Å²) in [5.74, 6) is -0.332. The molecule has 0 saturated heterocycles. The number of carbonyl (C=O) groups excluding carboxylic acids is 1. The SMILES string of the molecule is CC(C)C(C(=O)N(CCO)C1CCCCC1)C(N)=S. The number of aliphatic hydroxyl groups is 1. The second kappa shape index (κ2) is 7.80. The number of rotatable bonds is 6. The molecule has 0 aromatic heterocycles. The summed E-state index contributed by atoms with van der Waals surface area (Å²) < 4.78 is 0. The molecule has 0 spiro atoms. The zero-order chi connectivity index (χ0) is 14.4. The van der Waals surface area contributed by atoms with E-state index in [1.54, 1.807) is 0 Å². The Hall–Kier alpha value is -0.680. The fourth-order valence-corrected chi connectivity index (χ4v) is 3.26. The van der Waals surface area contributed by atoms with Crippen LogP contribution in [-0.4, -0.2) is 40.1 Å². The van der Waals surface area contributed by atoms with E-state index in [1.165, 1.54) is 6.42 Å². The zero-order valence-electron chi connectivity index (χ0n) is 12.0. The number of hydrogen-bond donors (Lipinski definition) is 2. The first-order valence-electron chi connectivity index (χ1n) is 7.19. The Balaban J connectivity index is 2.83. The molecule has 0 radical (unpaired) electrons. The number of carbonyl (C=O) groups is 1. The first-order chi connectivity index (χ1) is 8.99. The number of nitrogens with two attached hydrogens (primary N) is 1. The average molecular weight is 286 g/mol. The van der Waals surface area contributed by atoms with Gasteiger partial charge in [0.05, 0.1) is 17.5 Å². The highest BCUT2D eigenvalue weighted by atomic mass is 32.1. The van der Waals surface area contributed by atoms with Crippen molar-refractivity contribution in [2.24, 2.45) is 17.6 Å². The minimum atomic E-state index is -0.413. The molecule has 0 heterocycles. The van der Waals surface area contributed by atoms with Gasteiger partial charge in [-0.2, -0.15) is 0 Å². The molecular weight excluding hydrogens is 260 g/mol. The molecule has 1 saturated carbocycles. The monoisotopic (exact) mass is 286 g/mol. The van der Waals surface area contributed by atoms with Crippen LogP contribution in [0.5, 0.6) is 0 Å². The lowest BCUT2D eigenvalue weighted by Crippen LogP contribution is -2.49. The fraction of sp³-hybridized carbons (Fsp3) is 0.857. The van der Waals surface area contributed by atoms with Crippen LogP contribution in [0.1, 0.15) is 46.0 Å². The van der Waals surface area contributed by atoms with Gasteiger partial charge in [-0.1, -0.05) is 45.3 Å². The summed E-state index contributed by atoms with van der Waals surface area (Å²) in [5, 5.41) is 9.22. The van der Waals surface area contributed by atoms with Crippen molar-refractivity contribution in [1.29, 1.82) is 0 Å². The molecule has 3 N–H and O–H groups in total. The Morgan fingerprint density at radius 1 is 1.37 bits per heavy atom. The summed E-state index contributed by atoms with van der Waals surface area (Å²) in [6.45, 7) is 4.29. The minimum Gasteiger partial charge on any atom is -0.395 e. The third-order valence-electron chi connectivity index (χ3n) is 3.88. The molecule has 0 aromatic carbocycles. The van der Waals surface area contributed by atoms with Crippen molar-refractivity contribution >= 4 is 23.1 Å². The van der Waals surface area contributed by atoms with Crippen LogP contribution < -0.4 is 5.73 Å². The van der Waals surface area contributed by atoms with E-state index >= 15 is 0 Å². The summed E-state index contributed by atoms with van der Waals surface area (Å²) in [4.78, 5) is 14.7. The van der Waals surface area contributed by atoms with Gasteiger partial charge in [0.25, 0.3) is 0 Å². The molecular formula is C14H26N2O2S. The zero-order valence-corrected chi connectivity index (χ0v) is 12.8. The van der Waals surface area contributed by atoms with Crippen molar-refractivity contribution in [1.82, 2.24) is 4.90 Å². The van der Waals surface area contributed by atoms with Gasteiger partial charge in [-0.3, -0.25) is 4.79 Å². The summed E-state index contributed by atoms with van der Waals surface area (Å²) >= 11 is 5.04. The van der Waals surface area contributed by atoms with E-state index in [0.29, 0.717) is 6.54 Å². The third-order valence-corrected chi connectivity index (χ3v) is 4.13. The van der Waals surface area contributed by atoms with E-state index in [9.17, 15) is 9.90 Å². The lowest BCUT2D eigenvalue weighted by molar-refractivity contribution is -0.138. The maximum absolute atomic E-state index is 12.7. The summed E-state index contributed by atoms with van der Waals surface area (Å²) in [6.07, 6.45) is 5.58. The molecule has 0 aromatic rings. The number of amides is 1. The van der Waals surface area contributed by atoms with E-state index in [1.807, 2.05) is 18.7 Å². The molecule has 0 bridgehead atoms. The standard InChI is InChI=1S/C14H26N2O2S/c1-10(2)12(13(15)19)14(18)16(8-9-17)11-6-4-3-5-7-11/h10-12,17H,3-9H2,1-2H3,(H2,15,19). The van der Waals surface area contributed by atoms with E-state index < -0.39 is 5.92 Å². The smallest absolute Gasteiger partial charge is 0.233 e. The summed E-state index contributed by atoms with van der Waals surface area (Å²) in [5.41, 5.74) is 5.72. The van der Waals surface area contributed by atoms with Gasteiger partial charge < -0.3 is 15.7 Å². The molecule has 4 nitrogen and oxygen atoms in total. The molecule has 5 heteroatoms. The molecule has 1 fully saturated rings. The van der Waals surface area contributed by atoms with Gasteiger partial charge in [-0.25, -0.2) is 0 Å². The number of nitrogens with zero attached hydrogens (tertiary/aromatic N) is 1. The van der Waals surface area contributed by atoms with Crippen LogP contribution in [0.25, 0.3) is 0 Å². The Morgan fingerprint density at radius 2 is 1.95 bits per heavy atom. The van der Waals surface area contributed by atoms with Crippen LogP contribution in [0.4, 0.5) is 0 Å².